The fourth-order valence-corrected chi connectivity index (χ4v) is 5.85. The molecule has 1 atom stereocenters. The molecular weight excluding hydrogens is 386 g/mol. The molecule has 0 saturated heterocycles. The first-order valence-corrected chi connectivity index (χ1v) is 10.7. The molecule has 148 valence electrons. The average Bonchev–Trinajstić information content (AvgIpc) is 3.17. The summed E-state index contributed by atoms with van der Waals surface area (Å²) >= 11 is 1.63. The van der Waals surface area contributed by atoms with Crippen LogP contribution in [0.3, 0.4) is 0 Å². The minimum atomic E-state index is -0.299. The summed E-state index contributed by atoms with van der Waals surface area (Å²) < 4.78 is 1.61. The lowest BCUT2D eigenvalue weighted by Crippen LogP contribution is -2.36. The average molecular weight is 407 g/mol. The molecular formula is C22H21N3O3S. The summed E-state index contributed by atoms with van der Waals surface area (Å²) in [5.41, 5.74) is 1.94. The number of carbonyl (C=O) groups is 2. The molecule has 0 saturated carbocycles. The number of hydrogen-bond donors (Lipinski definition) is 0. The summed E-state index contributed by atoms with van der Waals surface area (Å²) in [7, 11) is 0. The smallest absolute Gasteiger partial charge is 0.262 e. The van der Waals surface area contributed by atoms with Crippen molar-refractivity contribution in [2.75, 3.05) is 6.54 Å². The Kier molecular flexibility index (Phi) is 4.17. The number of rotatable bonds is 3. The van der Waals surface area contributed by atoms with Gasteiger partial charge in [-0.05, 0) is 49.8 Å². The van der Waals surface area contributed by atoms with Crippen LogP contribution in [-0.2, 0) is 19.4 Å². The molecule has 1 aromatic carbocycles. The van der Waals surface area contributed by atoms with Crippen LogP contribution >= 0.6 is 11.3 Å². The molecule has 1 aliphatic heterocycles. The Balaban J connectivity index is 1.48. The number of fused-ring (bicyclic) bond motifs is 4. The van der Waals surface area contributed by atoms with E-state index >= 15 is 0 Å². The van der Waals surface area contributed by atoms with Crippen molar-refractivity contribution in [3.63, 3.8) is 0 Å². The van der Waals surface area contributed by atoms with E-state index in [9.17, 15) is 14.4 Å². The molecule has 0 N–H and O–H groups in total. The minimum Gasteiger partial charge on any atom is -0.294 e. The van der Waals surface area contributed by atoms with Crippen molar-refractivity contribution < 1.29 is 9.59 Å². The monoisotopic (exact) mass is 407 g/mol. The summed E-state index contributed by atoms with van der Waals surface area (Å²) in [6, 6.07) is 6.83. The molecule has 2 aliphatic rings. The second kappa shape index (κ2) is 6.62. The number of amides is 2. The number of carbonyl (C=O) groups excluding carboxylic acids is 2. The quantitative estimate of drug-likeness (QED) is 0.625. The van der Waals surface area contributed by atoms with E-state index in [4.69, 9.17) is 0 Å². The third-order valence-electron chi connectivity index (χ3n) is 6.03. The largest absolute Gasteiger partial charge is 0.294 e. The second-order valence-corrected chi connectivity index (χ2v) is 9.04. The van der Waals surface area contributed by atoms with Gasteiger partial charge >= 0.3 is 0 Å². The molecule has 1 aliphatic carbocycles. The van der Waals surface area contributed by atoms with Gasteiger partial charge in [0.25, 0.3) is 17.4 Å². The van der Waals surface area contributed by atoms with E-state index in [1.165, 1.54) is 9.78 Å². The molecule has 29 heavy (non-hydrogen) atoms. The lowest BCUT2D eigenvalue weighted by Gasteiger charge is -2.18. The third-order valence-corrected chi connectivity index (χ3v) is 7.18. The van der Waals surface area contributed by atoms with Crippen LogP contribution in [0.4, 0.5) is 0 Å². The van der Waals surface area contributed by atoms with E-state index < -0.39 is 0 Å². The Bertz CT molecular complexity index is 1210. The van der Waals surface area contributed by atoms with Gasteiger partial charge in [-0.15, -0.1) is 11.3 Å². The maximum Gasteiger partial charge on any atom is 0.262 e. The zero-order chi connectivity index (χ0) is 20.3. The van der Waals surface area contributed by atoms with Gasteiger partial charge < -0.3 is 0 Å². The van der Waals surface area contributed by atoms with E-state index in [1.54, 1.807) is 40.2 Å². The molecule has 0 radical (unpaired) electrons. The summed E-state index contributed by atoms with van der Waals surface area (Å²) in [4.78, 5) is 46.5. The van der Waals surface area contributed by atoms with Crippen molar-refractivity contribution in [2.45, 2.75) is 39.7 Å². The van der Waals surface area contributed by atoms with Crippen LogP contribution in [0.1, 0.15) is 50.3 Å². The van der Waals surface area contributed by atoms with Crippen LogP contribution in [0.5, 0.6) is 0 Å². The van der Waals surface area contributed by atoms with E-state index in [1.807, 2.05) is 6.92 Å². The van der Waals surface area contributed by atoms with Gasteiger partial charge in [-0.3, -0.25) is 23.9 Å². The molecule has 7 heteroatoms. The normalized spacial score (nSPS) is 18.4. The summed E-state index contributed by atoms with van der Waals surface area (Å²) in [6.07, 6.45) is 3.00. The highest BCUT2D eigenvalue weighted by molar-refractivity contribution is 7.18. The van der Waals surface area contributed by atoms with Gasteiger partial charge in [0, 0.05) is 18.0 Å². The second-order valence-electron chi connectivity index (χ2n) is 7.96. The minimum absolute atomic E-state index is 0.0591. The van der Waals surface area contributed by atoms with Gasteiger partial charge in [0.05, 0.1) is 16.5 Å². The van der Waals surface area contributed by atoms with E-state index in [0.717, 1.165) is 35.0 Å². The molecule has 3 aromatic rings. The topological polar surface area (TPSA) is 72.3 Å². The number of aromatic nitrogens is 2. The SMILES string of the molecule is Cc1nc2sc3c(c2c(=O)n1CCN1C(=O)c2ccccc2C1=O)CCC(C)C3. The summed E-state index contributed by atoms with van der Waals surface area (Å²) in [5.74, 6) is 0.651. The predicted molar refractivity (Wildman–Crippen MR) is 112 cm³/mol. The Morgan fingerprint density at radius 3 is 2.48 bits per heavy atom. The molecule has 5 rings (SSSR count). The number of aryl methyl sites for hydroxylation is 2. The van der Waals surface area contributed by atoms with Crippen molar-refractivity contribution >= 4 is 33.4 Å². The van der Waals surface area contributed by atoms with Crippen LogP contribution in [0.25, 0.3) is 10.2 Å². The standard InChI is InChI=1S/C22H21N3O3S/c1-12-7-8-16-17(11-12)29-19-18(16)22(28)24(13(2)23-19)9-10-25-20(26)14-5-3-4-6-15(14)21(25)27/h3-6,12H,7-11H2,1-2H3. The van der Waals surface area contributed by atoms with Crippen LogP contribution in [0.15, 0.2) is 29.1 Å². The molecule has 0 bridgehead atoms. The molecule has 2 aromatic heterocycles. The fraction of sp³-hybridized carbons (Fsp3) is 0.364. The van der Waals surface area contributed by atoms with Crippen LogP contribution in [0.2, 0.25) is 0 Å². The first kappa shape index (κ1) is 18.2. The zero-order valence-corrected chi connectivity index (χ0v) is 17.2. The Hall–Kier alpha value is -2.80. The fourth-order valence-electron chi connectivity index (χ4n) is 4.43. The molecule has 3 heterocycles. The number of nitrogens with zero attached hydrogens (tertiary/aromatic N) is 3. The van der Waals surface area contributed by atoms with Gasteiger partial charge in [-0.1, -0.05) is 19.1 Å². The van der Waals surface area contributed by atoms with Gasteiger partial charge in [-0.2, -0.15) is 0 Å². The maximum absolute atomic E-state index is 13.3. The van der Waals surface area contributed by atoms with Crippen molar-refractivity contribution in [1.82, 2.24) is 14.5 Å². The van der Waals surface area contributed by atoms with E-state index in [2.05, 4.69) is 11.9 Å². The maximum atomic E-state index is 13.3. The first-order valence-electron chi connectivity index (χ1n) is 9.92. The number of benzene rings is 1. The Morgan fingerprint density at radius 1 is 1.10 bits per heavy atom. The predicted octanol–water partition coefficient (Wildman–Crippen LogP) is 3.19. The molecule has 0 spiro atoms. The lowest BCUT2D eigenvalue weighted by molar-refractivity contribution is 0.0648. The first-order chi connectivity index (χ1) is 14.0. The van der Waals surface area contributed by atoms with E-state index in [0.29, 0.717) is 22.9 Å². The van der Waals surface area contributed by atoms with Crippen molar-refractivity contribution in [2.24, 2.45) is 5.92 Å². The van der Waals surface area contributed by atoms with Gasteiger partial charge in [-0.25, -0.2) is 4.98 Å². The molecule has 1 unspecified atom stereocenters. The zero-order valence-electron chi connectivity index (χ0n) is 16.4. The van der Waals surface area contributed by atoms with Crippen LogP contribution in [0, 0.1) is 12.8 Å². The van der Waals surface area contributed by atoms with Gasteiger partial charge in [0.1, 0.15) is 10.7 Å². The Labute approximate surface area is 171 Å². The van der Waals surface area contributed by atoms with E-state index in [-0.39, 0.29) is 30.5 Å². The number of thiophene rings is 1. The van der Waals surface area contributed by atoms with Gasteiger partial charge in [0.15, 0.2) is 0 Å². The highest BCUT2D eigenvalue weighted by Crippen LogP contribution is 2.35. The molecule has 2 amide bonds. The number of imide groups is 1. The molecule has 0 fully saturated rings. The summed E-state index contributed by atoms with van der Waals surface area (Å²) in [5, 5.41) is 0.727. The van der Waals surface area contributed by atoms with Crippen LogP contribution < -0.4 is 5.56 Å². The summed E-state index contributed by atoms with van der Waals surface area (Å²) in [6.45, 7) is 4.46. The lowest BCUT2D eigenvalue weighted by atomic mass is 9.89. The molecule has 6 nitrogen and oxygen atoms in total. The van der Waals surface area contributed by atoms with Crippen molar-refractivity contribution in [3.05, 3.63) is 62.0 Å². The highest BCUT2D eigenvalue weighted by atomic mass is 32.1. The third kappa shape index (κ3) is 2.75. The van der Waals surface area contributed by atoms with Crippen molar-refractivity contribution in [1.29, 1.82) is 0 Å². The van der Waals surface area contributed by atoms with Crippen LogP contribution in [-0.4, -0.2) is 32.8 Å². The number of hydrogen-bond acceptors (Lipinski definition) is 5. The Morgan fingerprint density at radius 2 is 1.79 bits per heavy atom. The van der Waals surface area contributed by atoms with Crippen molar-refractivity contribution in [3.8, 4) is 0 Å². The highest BCUT2D eigenvalue weighted by Gasteiger charge is 2.35. The van der Waals surface area contributed by atoms with Gasteiger partial charge in [0.2, 0.25) is 0 Å².